The third-order valence-electron chi connectivity index (χ3n) is 4.78. The lowest BCUT2D eigenvalue weighted by molar-refractivity contribution is 0.0990. The molecular formula is C22H8Cl4O3S. The molecule has 2 heterocycles. The van der Waals surface area contributed by atoms with Crippen LogP contribution in [0.1, 0.15) is 25.6 Å². The standard InChI is InChI=1S/C22H8Cl4O3S/c23-17-15-16(18(24)20(26)19(17)25)22(28)11(21(15)27)6-10-7-13-14(30-10)8-12(29-13)9-4-2-1-3-5-9/h1-8H. The second-order valence-corrected chi connectivity index (χ2v) is 9.20. The Bertz CT molecular complexity index is 1330. The van der Waals surface area contributed by atoms with E-state index in [0.29, 0.717) is 10.5 Å². The zero-order chi connectivity index (χ0) is 21.2. The maximum Gasteiger partial charge on any atom is 0.199 e. The molecule has 0 spiro atoms. The number of halogens is 4. The SMILES string of the molecule is O=C1C(=Cc2cc3oc(-c4ccccc4)cc3s2)C(=O)c2c(Cl)c(Cl)c(Cl)c(Cl)c21. The van der Waals surface area contributed by atoms with Gasteiger partial charge in [-0.15, -0.1) is 11.3 Å². The highest BCUT2D eigenvalue weighted by atomic mass is 35.5. The Morgan fingerprint density at radius 1 is 0.800 bits per heavy atom. The molecule has 8 heteroatoms. The van der Waals surface area contributed by atoms with E-state index in [0.717, 1.165) is 16.0 Å². The molecule has 2 aromatic carbocycles. The van der Waals surface area contributed by atoms with Crippen molar-refractivity contribution in [2.24, 2.45) is 0 Å². The first-order valence-electron chi connectivity index (χ1n) is 8.62. The molecule has 0 fully saturated rings. The van der Waals surface area contributed by atoms with Gasteiger partial charge < -0.3 is 4.42 Å². The summed E-state index contributed by atoms with van der Waals surface area (Å²) in [5.41, 5.74) is 1.57. The maximum atomic E-state index is 12.9. The highest BCUT2D eigenvalue weighted by Gasteiger charge is 2.39. The summed E-state index contributed by atoms with van der Waals surface area (Å²) in [6.45, 7) is 0. The average Bonchev–Trinajstić information content (AvgIpc) is 3.38. The van der Waals surface area contributed by atoms with Crippen molar-refractivity contribution < 1.29 is 14.0 Å². The molecule has 5 rings (SSSR count). The first-order chi connectivity index (χ1) is 14.4. The van der Waals surface area contributed by atoms with Crippen LogP contribution in [0.3, 0.4) is 0 Å². The van der Waals surface area contributed by atoms with Crippen LogP contribution in [0, 0.1) is 0 Å². The Hall–Kier alpha value is -2.08. The lowest BCUT2D eigenvalue weighted by Gasteiger charge is -2.07. The highest BCUT2D eigenvalue weighted by molar-refractivity contribution is 7.19. The zero-order valence-electron chi connectivity index (χ0n) is 14.8. The van der Waals surface area contributed by atoms with Gasteiger partial charge in [0, 0.05) is 16.5 Å². The van der Waals surface area contributed by atoms with Crippen LogP contribution in [0.4, 0.5) is 0 Å². The van der Waals surface area contributed by atoms with Crippen LogP contribution >= 0.6 is 57.7 Å². The van der Waals surface area contributed by atoms with Gasteiger partial charge in [0.15, 0.2) is 11.6 Å². The van der Waals surface area contributed by atoms with Crippen LogP contribution in [0.2, 0.25) is 20.1 Å². The fourth-order valence-electron chi connectivity index (χ4n) is 3.37. The number of hydrogen-bond donors (Lipinski definition) is 0. The van der Waals surface area contributed by atoms with E-state index in [4.69, 9.17) is 50.8 Å². The summed E-state index contributed by atoms with van der Waals surface area (Å²) in [5.74, 6) is -0.315. The van der Waals surface area contributed by atoms with Gasteiger partial charge in [-0.3, -0.25) is 9.59 Å². The summed E-state index contributed by atoms with van der Waals surface area (Å²) in [5, 5.41) is -0.247. The number of carbonyl (C=O) groups excluding carboxylic acids is 2. The number of allylic oxidation sites excluding steroid dienone is 1. The minimum atomic E-state index is -0.532. The monoisotopic (exact) mass is 492 g/mol. The second kappa shape index (κ2) is 7.26. The normalized spacial score (nSPS) is 13.4. The predicted octanol–water partition coefficient (Wildman–Crippen LogP) is 8.24. The molecule has 0 radical (unpaired) electrons. The number of thiophene rings is 1. The van der Waals surface area contributed by atoms with Crippen molar-refractivity contribution in [3.05, 3.63) is 84.1 Å². The van der Waals surface area contributed by atoms with Crippen LogP contribution in [0.15, 0.2) is 52.5 Å². The average molecular weight is 494 g/mol. The van der Waals surface area contributed by atoms with E-state index in [1.54, 1.807) is 6.07 Å². The van der Waals surface area contributed by atoms with E-state index >= 15 is 0 Å². The number of fused-ring (bicyclic) bond motifs is 2. The number of hydrogen-bond acceptors (Lipinski definition) is 4. The van der Waals surface area contributed by atoms with Crippen LogP contribution in [-0.4, -0.2) is 11.6 Å². The van der Waals surface area contributed by atoms with Gasteiger partial charge in [-0.2, -0.15) is 0 Å². The van der Waals surface area contributed by atoms with Gasteiger partial charge in [-0.1, -0.05) is 76.7 Å². The molecule has 4 aromatic rings. The highest BCUT2D eigenvalue weighted by Crippen LogP contribution is 2.46. The molecule has 0 N–H and O–H groups in total. The molecule has 0 atom stereocenters. The summed E-state index contributed by atoms with van der Waals surface area (Å²) >= 11 is 25.9. The molecule has 30 heavy (non-hydrogen) atoms. The first-order valence-corrected chi connectivity index (χ1v) is 11.0. The van der Waals surface area contributed by atoms with E-state index in [1.165, 1.54) is 17.4 Å². The zero-order valence-corrected chi connectivity index (χ0v) is 18.6. The molecular weight excluding hydrogens is 486 g/mol. The van der Waals surface area contributed by atoms with Gasteiger partial charge in [0.2, 0.25) is 0 Å². The summed E-state index contributed by atoms with van der Waals surface area (Å²) < 4.78 is 6.82. The van der Waals surface area contributed by atoms with Gasteiger partial charge in [0.1, 0.15) is 11.3 Å². The number of rotatable bonds is 2. The van der Waals surface area contributed by atoms with Gasteiger partial charge in [-0.25, -0.2) is 0 Å². The number of Topliss-reactive ketones (excluding diaryl/α,β-unsaturated/α-hetero) is 2. The lowest BCUT2D eigenvalue weighted by Crippen LogP contribution is -2.00. The molecule has 0 amide bonds. The summed E-state index contributed by atoms with van der Waals surface area (Å²) in [7, 11) is 0. The Balaban J connectivity index is 1.57. The van der Waals surface area contributed by atoms with Crippen LogP contribution in [0.25, 0.3) is 27.7 Å². The predicted molar refractivity (Wildman–Crippen MR) is 123 cm³/mol. The van der Waals surface area contributed by atoms with Gasteiger partial charge in [-0.05, 0) is 12.1 Å². The molecule has 2 aromatic heterocycles. The van der Waals surface area contributed by atoms with Crippen molar-refractivity contribution in [3.8, 4) is 11.3 Å². The Morgan fingerprint density at radius 2 is 1.40 bits per heavy atom. The molecule has 0 bridgehead atoms. The Labute approximate surface area is 194 Å². The maximum absolute atomic E-state index is 12.9. The van der Waals surface area contributed by atoms with Crippen molar-refractivity contribution in [3.63, 3.8) is 0 Å². The van der Waals surface area contributed by atoms with E-state index in [9.17, 15) is 9.59 Å². The smallest absolute Gasteiger partial charge is 0.199 e. The molecule has 1 aliphatic carbocycles. The molecule has 0 aliphatic heterocycles. The van der Waals surface area contributed by atoms with Crippen molar-refractivity contribution in [2.75, 3.05) is 0 Å². The quantitative estimate of drug-likeness (QED) is 0.122. The fourth-order valence-corrected chi connectivity index (χ4v) is 5.36. The first kappa shape index (κ1) is 19.9. The van der Waals surface area contributed by atoms with E-state index in [-0.39, 0.29) is 36.8 Å². The largest absolute Gasteiger partial charge is 0.455 e. The summed E-state index contributed by atoms with van der Waals surface area (Å²) in [6, 6.07) is 13.4. The third-order valence-corrected chi connectivity index (χ3v) is 7.59. The van der Waals surface area contributed by atoms with Crippen molar-refractivity contribution in [1.82, 2.24) is 0 Å². The number of furan rings is 1. The van der Waals surface area contributed by atoms with Gasteiger partial charge in [0.05, 0.1) is 41.5 Å². The second-order valence-electron chi connectivity index (χ2n) is 6.58. The minimum Gasteiger partial charge on any atom is -0.455 e. The summed E-state index contributed by atoms with van der Waals surface area (Å²) in [4.78, 5) is 26.5. The van der Waals surface area contributed by atoms with E-state index in [1.807, 2.05) is 36.4 Å². The summed E-state index contributed by atoms with van der Waals surface area (Å²) in [6.07, 6.45) is 1.52. The van der Waals surface area contributed by atoms with E-state index in [2.05, 4.69) is 0 Å². The fraction of sp³-hybridized carbons (Fsp3) is 0. The molecule has 0 saturated carbocycles. The number of ketones is 2. The van der Waals surface area contributed by atoms with Crippen LogP contribution < -0.4 is 0 Å². The molecule has 3 nitrogen and oxygen atoms in total. The topological polar surface area (TPSA) is 47.3 Å². The van der Waals surface area contributed by atoms with Crippen LogP contribution in [0.5, 0.6) is 0 Å². The molecule has 1 aliphatic rings. The van der Waals surface area contributed by atoms with Gasteiger partial charge in [0.25, 0.3) is 0 Å². The van der Waals surface area contributed by atoms with E-state index < -0.39 is 11.6 Å². The number of carbonyl (C=O) groups is 2. The Morgan fingerprint density at radius 3 is 1.97 bits per heavy atom. The number of benzene rings is 2. The van der Waals surface area contributed by atoms with Crippen molar-refractivity contribution >= 4 is 85.7 Å². The molecule has 0 unspecified atom stereocenters. The molecule has 148 valence electrons. The lowest BCUT2D eigenvalue weighted by atomic mass is 10.1. The minimum absolute atomic E-state index is 0.0149. The van der Waals surface area contributed by atoms with Crippen molar-refractivity contribution in [2.45, 2.75) is 0 Å². The van der Waals surface area contributed by atoms with Gasteiger partial charge >= 0.3 is 0 Å². The van der Waals surface area contributed by atoms with Crippen LogP contribution in [-0.2, 0) is 0 Å². The third kappa shape index (κ3) is 2.95. The van der Waals surface area contributed by atoms with Crippen molar-refractivity contribution in [1.29, 1.82) is 0 Å². The molecule has 0 saturated heterocycles. The Kier molecular flexibility index (Phi) is 4.80.